The smallest absolute Gasteiger partial charge is 0.267 e. The van der Waals surface area contributed by atoms with Gasteiger partial charge in [-0.1, -0.05) is 0 Å². The van der Waals surface area contributed by atoms with Crippen molar-refractivity contribution in [3.63, 3.8) is 0 Å². The van der Waals surface area contributed by atoms with Crippen LogP contribution >= 0.6 is 0 Å². The molecule has 114 valence electrons. The van der Waals surface area contributed by atoms with Crippen LogP contribution in [0.2, 0.25) is 0 Å². The van der Waals surface area contributed by atoms with Gasteiger partial charge >= 0.3 is 0 Å². The van der Waals surface area contributed by atoms with Crippen LogP contribution in [0.5, 0.6) is 5.75 Å². The minimum atomic E-state index is -0.456. The van der Waals surface area contributed by atoms with E-state index in [0.717, 1.165) is 38.0 Å². The molecule has 1 aromatic rings. The molecule has 5 nitrogen and oxygen atoms in total. The Morgan fingerprint density at radius 2 is 2.29 bits per heavy atom. The molecule has 0 aliphatic carbocycles. The standard InChI is InChI=1S/C16H22N2O3/c1-11-16(19)18(8-2-4-13-5-3-9-20-13)14-7-6-12(17)10-15(14)21-11/h6-7,10-11,13H,2-5,8-9,17H2,1H3. The third kappa shape index (κ3) is 2.97. The second-order valence-corrected chi connectivity index (χ2v) is 5.75. The zero-order valence-electron chi connectivity index (χ0n) is 12.4. The van der Waals surface area contributed by atoms with Crippen molar-refractivity contribution < 1.29 is 14.3 Å². The van der Waals surface area contributed by atoms with Crippen molar-refractivity contribution in [3.8, 4) is 5.75 Å². The number of anilines is 2. The Kier molecular flexibility index (Phi) is 4.01. The molecule has 2 N–H and O–H groups in total. The van der Waals surface area contributed by atoms with Crippen LogP contribution in [0.4, 0.5) is 11.4 Å². The van der Waals surface area contributed by atoms with Crippen molar-refractivity contribution in [2.24, 2.45) is 0 Å². The highest BCUT2D eigenvalue weighted by molar-refractivity contribution is 6.00. The molecule has 0 radical (unpaired) electrons. The Morgan fingerprint density at radius 3 is 3.05 bits per heavy atom. The number of hydrogen-bond acceptors (Lipinski definition) is 4. The number of amides is 1. The van der Waals surface area contributed by atoms with Crippen molar-refractivity contribution in [2.45, 2.75) is 44.8 Å². The maximum Gasteiger partial charge on any atom is 0.267 e. The van der Waals surface area contributed by atoms with E-state index < -0.39 is 6.10 Å². The number of nitrogens with two attached hydrogens (primary N) is 1. The Morgan fingerprint density at radius 1 is 1.43 bits per heavy atom. The van der Waals surface area contributed by atoms with E-state index in [4.69, 9.17) is 15.2 Å². The van der Waals surface area contributed by atoms with Crippen molar-refractivity contribution >= 4 is 17.3 Å². The fourth-order valence-electron chi connectivity index (χ4n) is 3.01. The van der Waals surface area contributed by atoms with Crippen LogP contribution in [-0.2, 0) is 9.53 Å². The van der Waals surface area contributed by atoms with Gasteiger partial charge in [-0.15, -0.1) is 0 Å². The van der Waals surface area contributed by atoms with Crippen molar-refractivity contribution in [1.29, 1.82) is 0 Å². The van der Waals surface area contributed by atoms with Gasteiger partial charge in [0.05, 0.1) is 11.8 Å². The van der Waals surface area contributed by atoms with E-state index in [9.17, 15) is 4.79 Å². The predicted octanol–water partition coefficient (Wildman–Crippen LogP) is 2.34. The van der Waals surface area contributed by atoms with Crippen LogP contribution in [0.25, 0.3) is 0 Å². The number of carbonyl (C=O) groups excluding carboxylic acids is 1. The summed E-state index contributed by atoms with van der Waals surface area (Å²) in [4.78, 5) is 14.2. The van der Waals surface area contributed by atoms with E-state index >= 15 is 0 Å². The van der Waals surface area contributed by atoms with Gasteiger partial charge in [0.1, 0.15) is 5.75 Å². The van der Waals surface area contributed by atoms with Gasteiger partial charge < -0.3 is 20.1 Å². The van der Waals surface area contributed by atoms with Gasteiger partial charge in [-0.25, -0.2) is 0 Å². The molecule has 0 aromatic heterocycles. The van der Waals surface area contributed by atoms with Crippen molar-refractivity contribution in [2.75, 3.05) is 23.8 Å². The molecular weight excluding hydrogens is 268 g/mol. The summed E-state index contributed by atoms with van der Waals surface area (Å²) in [6.45, 7) is 3.35. The van der Waals surface area contributed by atoms with Gasteiger partial charge in [0.2, 0.25) is 0 Å². The van der Waals surface area contributed by atoms with Gasteiger partial charge in [-0.05, 0) is 44.7 Å². The largest absolute Gasteiger partial charge is 0.479 e. The molecule has 1 aromatic carbocycles. The van der Waals surface area contributed by atoms with Crippen LogP contribution in [0.15, 0.2) is 18.2 Å². The van der Waals surface area contributed by atoms with Crippen LogP contribution in [0.3, 0.4) is 0 Å². The second-order valence-electron chi connectivity index (χ2n) is 5.75. The zero-order chi connectivity index (χ0) is 14.8. The lowest BCUT2D eigenvalue weighted by atomic mass is 10.1. The highest BCUT2D eigenvalue weighted by Gasteiger charge is 2.31. The first-order chi connectivity index (χ1) is 10.1. The van der Waals surface area contributed by atoms with Gasteiger partial charge in [0.25, 0.3) is 5.91 Å². The van der Waals surface area contributed by atoms with Gasteiger partial charge in [-0.2, -0.15) is 0 Å². The number of benzene rings is 1. The molecule has 2 aliphatic heterocycles. The van der Waals surface area contributed by atoms with Crippen LogP contribution in [0, 0.1) is 0 Å². The van der Waals surface area contributed by atoms with Gasteiger partial charge in [-0.3, -0.25) is 4.79 Å². The topological polar surface area (TPSA) is 64.8 Å². The van der Waals surface area contributed by atoms with Crippen molar-refractivity contribution in [1.82, 2.24) is 0 Å². The van der Waals surface area contributed by atoms with E-state index in [0.29, 0.717) is 24.1 Å². The summed E-state index contributed by atoms with van der Waals surface area (Å²) in [6, 6.07) is 5.45. The van der Waals surface area contributed by atoms with Gasteiger partial charge in [0, 0.05) is 24.9 Å². The molecule has 21 heavy (non-hydrogen) atoms. The fourth-order valence-corrected chi connectivity index (χ4v) is 3.01. The molecule has 1 amide bonds. The molecule has 5 heteroatoms. The molecule has 1 fully saturated rings. The molecule has 0 spiro atoms. The molecule has 3 rings (SSSR count). The number of nitrogen functional groups attached to an aromatic ring is 1. The molecule has 2 heterocycles. The monoisotopic (exact) mass is 290 g/mol. The normalized spacial score (nSPS) is 24.8. The third-order valence-corrected chi connectivity index (χ3v) is 4.12. The summed E-state index contributed by atoms with van der Waals surface area (Å²) in [5.74, 6) is 0.707. The Bertz CT molecular complexity index is 526. The lowest BCUT2D eigenvalue weighted by molar-refractivity contribution is -0.125. The number of rotatable bonds is 4. The number of ether oxygens (including phenoxy) is 2. The zero-order valence-corrected chi connectivity index (χ0v) is 12.4. The van der Waals surface area contributed by atoms with E-state index in [1.54, 1.807) is 19.1 Å². The molecule has 0 saturated carbocycles. The first kappa shape index (κ1) is 14.2. The number of carbonyl (C=O) groups is 1. The van der Waals surface area contributed by atoms with Crippen LogP contribution < -0.4 is 15.4 Å². The van der Waals surface area contributed by atoms with Crippen molar-refractivity contribution in [3.05, 3.63) is 18.2 Å². The first-order valence-electron chi connectivity index (χ1n) is 7.64. The Balaban J connectivity index is 1.69. The molecular formula is C16H22N2O3. The summed E-state index contributed by atoms with van der Waals surface area (Å²) in [5, 5.41) is 0. The van der Waals surface area contributed by atoms with E-state index in [1.165, 1.54) is 0 Å². The Labute approximate surface area is 125 Å². The highest BCUT2D eigenvalue weighted by Crippen LogP contribution is 2.35. The average molecular weight is 290 g/mol. The maximum atomic E-state index is 12.3. The van der Waals surface area contributed by atoms with E-state index in [2.05, 4.69) is 0 Å². The molecule has 2 atom stereocenters. The summed E-state index contributed by atoms with van der Waals surface area (Å²) in [6.07, 6.45) is 4.14. The average Bonchev–Trinajstić information content (AvgIpc) is 2.96. The SMILES string of the molecule is CC1Oc2cc(N)ccc2N(CCCC2CCCO2)C1=O. The lowest BCUT2D eigenvalue weighted by Crippen LogP contribution is -2.45. The summed E-state index contributed by atoms with van der Waals surface area (Å²) in [5.41, 5.74) is 7.26. The van der Waals surface area contributed by atoms with Gasteiger partial charge in [0.15, 0.2) is 6.10 Å². The minimum Gasteiger partial charge on any atom is -0.479 e. The number of hydrogen-bond donors (Lipinski definition) is 1. The number of fused-ring (bicyclic) bond motifs is 1. The van der Waals surface area contributed by atoms with E-state index in [1.807, 2.05) is 11.0 Å². The van der Waals surface area contributed by atoms with E-state index in [-0.39, 0.29) is 5.91 Å². The highest BCUT2D eigenvalue weighted by atomic mass is 16.5. The predicted molar refractivity (Wildman–Crippen MR) is 81.5 cm³/mol. The quantitative estimate of drug-likeness (QED) is 0.864. The minimum absolute atomic E-state index is 0.0135. The fraction of sp³-hybridized carbons (Fsp3) is 0.562. The lowest BCUT2D eigenvalue weighted by Gasteiger charge is -2.33. The third-order valence-electron chi connectivity index (χ3n) is 4.12. The summed E-state index contributed by atoms with van der Waals surface area (Å²) >= 11 is 0. The molecule has 0 bridgehead atoms. The maximum absolute atomic E-state index is 12.3. The molecule has 2 aliphatic rings. The molecule has 1 saturated heterocycles. The summed E-state index contributed by atoms with van der Waals surface area (Å²) < 4.78 is 11.3. The second kappa shape index (κ2) is 5.93. The first-order valence-corrected chi connectivity index (χ1v) is 7.64. The Hall–Kier alpha value is -1.75. The summed E-state index contributed by atoms with van der Waals surface area (Å²) in [7, 11) is 0. The molecule has 2 unspecified atom stereocenters. The van der Waals surface area contributed by atoms with Crippen LogP contribution in [-0.4, -0.2) is 31.3 Å². The number of nitrogens with zero attached hydrogens (tertiary/aromatic N) is 1. The van der Waals surface area contributed by atoms with Crippen LogP contribution in [0.1, 0.15) is 32.6 Å².